The zero-order chi connectivity index (χ0) is 15.6. The molecule has 1 heterocycles. The lowest BCUT2D eigenvalue weighted by Gasteiger charge is -2.29. The molecule has 1 aromatic rings. The minimum Gasteiger partial charge on any atom is -0.511 e. The van der Waals surface area contributed by atoms with Gasteiger partial charge >= 0.3 is 5.91 Å². The molecule has 1 aliphatic rings. The van der Waals surface area contributed by atoms with E-state index in [1.807, 2.05) is 13.8 Å². The summed E-state index contributed by atoms with van der Waals surface area (Å²) in [6, 6.07) is 3.10. The highest BCUT2D eigenvalue weighted by molar-refractivity contribution is 6.22. The molecule has 0 saturated heterocycles. The van der Waals surface area contributed by atoms with Crippen LogP contribution < -0.4 is 5.43 Å². The lowest BCUT2D eigenvalue weighted by atomic mass is 9.76. The summed E-state index contributed by atoms with van der Waals surface area (Å²) in [4.78, 5) is 23.8. The van der Waals surface area contributed by atoms with Crippen LogP contribution in [0.15, 0.2) is 39.2 Å². The topological polar surface area (TPSA) is 91.9 Å². The molecule has 1 amide bonds. The number of aliphatic hydroxyl groups excluding tert-OH is 1. The number of amides is 1. The number of furan rings is 1. The molecule has 112 valence electrons. The van der Waals surface area contributed by atoms with Crippen LogP contribution in [0.3, 0.4) is 0 Å². The Morgan fingerprint density at radius 3 is 2.71 bits per heavy atom. The summed E-state index contributed by atoms with van der Waals surface area (Å²) in [6.07, 6.45) is 2.13. The molecule has 0 bridgehead atoms. The normalized spacial score (nSPS) is 18.8. The van der Waals surface area contributed by atoms with Gasteiger partial charge in [-0.25, -0.2) is 5.43 Å². The molecule has 0 aromatic carbocycles. The van der Waals surface area contributed by atoms with E-state index in [4.69, 9.17) is 4.42 Å². The summed E-state index contributed by atoms with van der Waals surface area (Å²) in [5.74, 6) is -0.536. The number of nitrogens with one attached hydrogen (secondary N) is 1. The number of carbonyl (C=O) groups excluding carboxylic acids is 2. The van der Waals surface area contributed by atoms with Crippen LogP contribution in [-0.4, -0.2) is 22.5 Å². The van der Waals surface area contributed by atoms with Gasteiger partial charge in [0.05, 0.1) is 17.5 Å². The van der Waals surface area contributed by atoms with E-state index < -0.39 is 5.91 Å². The van der Waals surface area contributed by atoms with Gasteiger partial charge in [-0.05, 0) is 24.5 Å². The molecule has 0 saturated carbocycles. The standard InChI is InChI=1S/C15H18N2O4/c1-9(16-17-14(20)12-5-4-6-21-12)13-10(18)7-15(2,3)8-11(13)19/h4-6,18H,7-8H2,1-3H3,(H,17,20)/b16-9+. The van der Waals surface area contributed by atoms with E-state index in [9.17, 15) is 14.7 Å². The monoisotopic (exact) mass is 290 g/mol. The summed E-state index contributed by atoms with van der Waals surface area (Å²) < 4.78 is 4.93. The van der Waals surface area contributed by atoms with Crippen molar-refractivity contribution in [1.82, 2.24) is 5.43 Å². The summed E-state index contributed by atoms with van der Waals surface area (Å²) in [6.45, 7) is 5.41. The zero-order valence-electron chi connectivity index (χ0n) is 12.3. The molecule has 1 aliphatic carbocycles. The smallest absolute Gasteiger partial charge is 0.307 e. The Balaban J connectivity index is 2.15. The van der Waals surface area contributed by atoms with Gasteiger partial charge in [0.2, 0.25) is 0 Å². The summed E-state index contributed by atoms with van der Waals surface area (Å²) in [7, 11) is 0. The number of hydrogen-bond acceptors (Lipinski definition) is 5. The van der Waals surface area contributed by atoms with E-state index in [-0.39, 0.29) is 34.0 Å². The Hall–Kier alpha value is -2.37. The van der Waals surface area contributed by atoms with Gasteiger partial charge in [-0.15, -0.1) is 0 Å². The highest BCUT2D eigenvalue weighted by Gasteiger charge is 2.34. The SMILES string of the molecule is C/C(=N\NC(=O)c1ccco1)C1=C(O)CC(C)(C)CC1=O. The lowest BCUT2D eigenvalue weighted by molar-refractivity contribution is -0.117. The number of hydrogen-bond donors (Lipinski definition) is 2. The Morgan fingerprint density at radius 1 is 1.43 bits per heavy atom. The predicted octanol–water partition coefficient (Wildman–Crippen LogP) is 2.59. The highest BCUT2D eigenvalue weighted by atomic mass is 16.3. The summed E-state index contributed by atoms with van der Waals surface area (Å²) in [5.41, 5.74) is 2.51. The first kappa shape index (κ1) is 15.0. The molecule has 0 atom stereocenters. The molecular formula is C15H18N2O4. The van der Waals surface area contributed by atoms with Gasteiger partial charge in [0, 0.05) is 12.8 Å². The molecule has 0 aliphatic heterocycles. The van der Waals surface area contributed by atoms with Crippen molar-refractivity contribution in [2.75, 3.05) is 0 Å². The maximum Gasteiger partial charge on any atom is 0.307 e. The maximum atomic E-state index is 12.1. The fourth-order valence-electron chi connectivity index (χ4n) is 2.35. The minimum atomic E-state index is -0.511. The molecule has 1 aromatic heterocycles. The van der Waals surface area contributed by atoms with Crippen LogP contribution in [0.5, 0.6) is 0 Å². The fraction of sp³-hybridized carbons (Fsp3) is 0.400. The molecule has 2 rings (SSSR count). The van der Waals surface area contributed by atoms with Crippen molar-refractivity contribution in [2.24, 2.45) is 10.5 Å². The third-order valence-electron chi connectivity index (χ3n) is 3.28. The second-order valence-electron chi connectivity index (χ2n) is 5.88. The van der Waals surface area contributed by atoms with Crippen molar-refractivity contribution in [1.29, 1.82) is 0 Å². The van der Waals surface area contributed by atoms with Crippen LogP contribution in [0.2, 0.25) is 0 Å². The van der Waals surface area contributed by atoms with E-state index in [1.165, 1.54) is 12.3 Å². The number of nitrogens with zero attached hydrogens (tertiary/aromatic N) is 1. The molecule has 6 nitrogen and oxygen atoms in total. The van der Waals surface area contributed by atoms with Crippen LogP contribution in [0, 0.1) is 5.41 Å². The number of carbonyl (C=O) groups is 2. The van der Waals surface area contributed by atoms with Crippen molar-refractivity contribution in [3.63, 3.8) is 0 Å². The molecule has 6 heteroatoms. The lowest BCUT2D eigenvalue weighted by Crippen LogP contribution is -2.29. The van der Waals surface area contributed by atoms with Crippen molar-refractivity contribution in [3.05, 3.63) is 35.5 Å². The van der Waals surface area contributed by atoms with E-state index in [1.54, 1.807) is 13.0 Å². The number of allylic oxidation sites excluding steroid dienone is 2. The van der Waals surface area contributed by atoms with Crippen LogP contribution in [0.25, 0.3) is 0 Å². The van der Waals surface area contributed by atoms with Crippen LogP contribution >= 0.6 is 0 Å². The number of Topliss-reactive ketones (excluding diaryl/α,β-unsaturated/α-hetero) is 1. The van der Waals surface area contributed by atoms with E-state index >= 15 is 0 Å². The van der Waals surface area contributed by atoms with Gasteiger partial charge in [0.15, 0.2) is 11.5 Å². The molecule has 0 fully saturated rings. The van der Waals surface area contributed by atoms with Crippen molar-refractivity contribution in [2.45, 2.75) is 33.6 Å². The average molecular weight is 290 g/mol. The van der Waals surface area contributed by atoms with Crippen molar-refractivity contribution in [3.8, 4) is 0 Å². The van der Waals surface area contributed by atoms with Crippen molar-refractivity contribution >= 4 is 17.4 Å². The highest BCUT2D eigenvalue weighted by Crippen LogP contribution is 2.35. The second kappa shape index (κ2) is 5.55. The third kappa shape index (κ3) is 3.39. The Bertz CT molecular complexity index is 624. The summed E-state index contributed by atoms with van der Waals surface area (Å²) >= 11 is 0. The molecular weight excluding hydrogens is 272 g/mol. The molecule has 0 unspecified atom stereocenters. The number of rotatable bonds is 3. The molecule has 21 heavy (non-hydrogen) atoms. The zero-order valence-corrected chi connectivity index (χ0v) is 12.3. The van der Waals surface area contributed by atoms with Gasteiger partial charge < -0.3 is 9.52 Å². The third-order valence-corrected chi connectivity index (χ3v) is 3.28. The Labute approximate surface area is 122 Å². The van der Waals surface area contributed by atoms with Gasteiger partial charge in [-0.3, -0.25) is 9.59 Å². The Kier molecular flexibility index (Phi) is 3.97. The van der Waals surface area contributed by atoms with Crippen LogP contribution in [0.1, 0.15) is 44.2 Å². The van der Waals surface area contributed by atoms with Gasteiger partial charge in [-0.2, -0.15) is 5.10 Å². The number of hydrazone groups is 1. The number of ketones is 1. The van der Waals surface area contributed by atoms with Gasteiger partial charge in [-0.1, -0.05) is 13.8 Å². The molecule has 0 spiro atoms. The van der Waals surface area contributed by atoms with Crippen LogP contribution in [-0.2, 0) is 4.79 Å². The van der Waals surface area contributed by atoms with E-state index in [0.717, 1.165) is 0 Å². The number of aliphatic hydroxyl groups is 1. The van der Waals surface area contributed by atoms with E-state index in [0.29, 0.717) is 12.8 Å². The quantitative estimate of drug-likeness (QED) is 0.661. The summed E-state index contributed by atoms with van der Waals surface area (Å²) in [5, 5.41) is 13.9. The van der Waals surface area contributed by atoms with Gasteiger partial charge in [0.25, 0.3) is 0 Å². The van der Waals surface area contributed by atoms with Crippen LogP contribution in [0.4, 0.5) is 0 Å². The predicted molar refractivity (Wildman–Crippen MR) is 77.0 cm³/mol. The minimum absolute atomic E-state index is 0.0183. The van der Waals surface area contributed by atoms with Crippen molar-refractivity contribution < 1.29 is 19.1 Å². The molecule has 0 radical (unpaired) electrons. The maximum absolute atomic E-state index is 12.1. The first-order valence-corrected chi connectivity index (χ1v) is 6.64. The first-order chi connectivity index (χ1) is 9.80. The largest absolute Gasteiger partial charge is 0.511 e. The van der Waals surface area contributed by atoms with Gasteiger partial charge in [0.1, 0.15) is 5.76 Å². The average Bonchev–Trinajstić information content (AvgIpc) is 2.87. The van der Waals surface area contributed by atoms with E-state index in [2.05, 4.69) is 10.5 Å². The Morgan fingerprint density at radius 2 is 2.14 bits per heavy atom. The molecule has 2 N–H and O–H groups in total. The fourth-order valence-corrected chi connectivity index (χ4v) is 2.35. The first-order valence-electron chi connectivity index (χ1n) is 6.64. The second-order valence-corrected chi connectivity index (χ2v) is 5.88.